The molecule has 8 nitrogen and oxygen atoms in total. The van der Waals surface area contributed by atoms with Crippen LogP contribution in [0.4, 0.5) is 15.8 Å². The molecule has 0 saturated carbocycles. The van der Waals surface area contributed by atoms with Gasteiger partial charge in [-0.3, -0.25) is 19.7 Å². The summed E-state index contributed by atoms with van der Waals surface area (Å²) in [6.45, 7) is 1.71. The van der Waals surface area contributed by atoms with E-state index in [1.165, 1.54) is 42.5 Å². The van der Waals surface area contributed by atoms with Crippen LogP contribution in [-0.2, 0) is 11.2 Å². The first-order chi connectivity index (χ1) is 15.3. The summed E-state index contributed by atoms with van der Waals surface area (Å²) in [5.74, 6) is -1.28. The first-order valence-electron chi connectivity index (χ1n) is 9.55. The topological polar surface area (TPSA) is 114 Å². The number of hydrogen-bond acceptors (Lipinski definition) is 5. The van der Waals surface area contributed by atoms with E-state index in [4.69, 9.17) is 0 Å². The van der Waals surface area contributed by atoms with E-state index in [0.29, 0.717) is 17.0 Å². The molecule has 3 rings (SSSR count). The predicted molar refractivity (Wildman–Crippen MR) is 118 cm³/mol. The second-order valence-corrected chi connectivity index (χ2v) is 6.87. The Morgan fingerprint density at radius 3 is 2.31 bits per heavy atom. The quantitative estimate of drug-likeness (QED) is 0.331. The first kappa shape index (κ1) is 22.3. The Morgan fingerprint density at radius 1 is 1.00 bits per heavy atom. The number of rotatable bonds is 7. The summed E-state index contributed by atoms with van der Waals surface area (Å²) in [4.78, 5) is 34.4. The number of hydrogen-bond donors (Lipinski definition) is 2. The Kier molecular flexibility index (Phi) is 7.02. The fraction of sp³-hybridized carbons (Fsp3) is 0.0870. The number of anilines is 1. The van der Waals surface area contributed by atoms with Crippen molar-refractivity contribution in [2.75, 3.05) is 5.32 Å². The predicted octanol–water partition coefficient (Wildman–Crippen LogP) is 4.07. The third-order valence-electron chi connectivity index (χ3n) is 4.51. The van der Waals surface area contributed by atoms with Crippen LogP contribution in [0.15, 0.2) is 77.9 Å². The number of benzene rings is 3. The normalized spacial score (nSPS) is 11.0. The molecule has 0 spiro atoms. The summed E-state index contributed by atoms with van der Waals surface area (Å²) in [5.41, 5.74) is 5.04. The summed E-state index contributed by atoms with van der Waals surface area (Å²) in [7, 11) is 0. The molecule has 3 aromatic rings. The smallest absolute Gasteiger partial charge is 0.269 e. The molecule has 0 unspecified atom stereocenters. The Morgan fingerprint density at radius 2 is 1.69 bits per heavy atom. The molecular formula is C23H19FN4O4. The van der Waals surface area contributed by atoms with Crippen LogP contribution in [0.5, 0.6) is 0 Å². The number of halogens is 1. The van der Waals surface area contributed by atoms with Gasteiger partial charge in [0.05, 0.1) is 17.1 Å². The number of nitrogens with zero attached hydrogens (tertiary/aromatic N) is 2. The molecule has 9 heteroatoms. The van der Waals surface area contributed by atoms with Gasteiger partial charge in [-0.15, -0.1) is 0 Å². The number of carbonyl (C=O) groups is 2. The molecule has 2 amide bonds. The van der Waals surface area contributed by atoms with Crippen molar-refractivity contribution in [3.63, 3.8) is 0 Å². The third-order valence-corrected chi connectivity index (χ3v) is 4.51. The van der Waals surface area contributed by atoms with Crippen molar-refractivity contribution in [1.29, 1.82) is 0 Å². The van der Waals surface area contributed by atoms with Crippen molar-refractivity contribution >= 4 is 28.9 Å². The Hall–Kier alpha value is -4.40. The SMILES string of the molecule is C/C(=N\NC(=O)Cc1ccc([N+](=O)[O-])cc1)c1ccc(NC(=O)c2cccc(F)c2)cc1. The standard InChI is InChI=1S/C23H19FN4O4/c1-15(26-27-22(29)13-16-5-11-21(12-6-16)28(31)32)17-7-9-20(10-8-17)25-23(30)18-3-2-4-19(24)14-18/h2-12,14H,13H2,1H3,(H,25,30)(H,27,29)/b26-15+. The summed E-state index contributed by atoms with van der Waals surface area (Å²) >= 11 is 0. The summed E-state index contributed by atoms with van der Waals surface area (Å²) in [5, 5.41) is 17.4. The lowest BCUT2D eigenvalue weighted by Gasteiger charge is -2.07. The Bertz CT molecular complexity index is 1180. The molecule has 0 atom stereocenters. The van der Waals surface area contributed by atoms with Crippen LogP contribution in [-0.4, -0.2) is 22.4 Å². The van der Waals surface area contributed by atoms with Gasteiger partial charge >= 0.3 is 0 Å². The van der Waals surface area contributed by atoms with E-state index in [2.05, 4.69) is 15.8 Å². The highest BCUT2D eigenvalue weighted by molar-refractivity contribution is 6.05. The minimum absolute atomic E-state index is 0.0276. The average Bonchev–Trinajstić information content (AvgIpc) is 2.78. The van der Waals surface area contributed by atoms with Gasteiger partial charge in [0.25, 0.3) is 11.6 Å². The summed E-state index contributed by atoms with van der Waals surface area (Å²) < 4.78 is 13.3. The molecule has 0 aliphatic heterocycles. The molecule has 0 heterocycles. The van der Waals surface area contributed by atoms with Gasteiger partial charge in [-0.1, -0.05) is 30.3 Å². The Balaban J connectivity index is 1.56. The lowest BCUT2D eigenvalue weighted by molar-refractivity contribution is -0.384. The molecule has 0 fully saturated rings. The third kappa shape index (κ3) is 6.05. The number of nitro groups is 1. The maximum atomic E-state index is 13.3. The van der Waals surface area contributed by atoms with E-state index < -0.39 is 16.6 Å². The lowest BCUT2D eigenvalue weighted by atomic mass is 10.1. The van der Waals surface area contributed by atoms with Gasteiger partial charge < -0.3 is 5.32 Å². The monoisotopic (exact) mass is 434 g/mol. The molecule has 3 aromatic carbocycles. The van der Waals surface area contributed by atoms with Gasteiger partial charge in [-0.25, -0.2) is 9.82 Å². The fourth-order valence-electron chi connectivity index (χ4n) is 2.80. The van der Waals surface area contributed by atoms with Crippen molar-refractivity contribution < 1.29 is 18.9 Å². The van der Waals surface area contributed by atoms with E-state index in [9.17, 15) is 24.1 Å². The van der Waals surface area contributed by atoms with Crippen molar-refractivity contribution in [3.8, 4) is 0 Å². The molecule has 0 aromatic heterocycles. The largest absolute Gasteiger partial charge is 0.322 e. The number of nitro benzene ring substituents is 1. The second kappa shape index (κ2) is 10.1. The average molecular weight is 434 g/mol. The molecule has 0 aliphatic carbocycles. The van der Waals surface area contributed by atoms with Crippen LogP contribution in [0, 0.1) is 15.9 Å². The summed E-state index contributed by atoms with van der Waals surface area (Å²) in [6, 6.07) is 17.9. The van der Waals surface area contributed by atoms with Crippen LogP contribution in [0.1, 0.15) is 28.4 Å². The van der Waals surface area contributed by atoms with Crippen molar-refractivity contribution in [1.82, 2.24) is 5.43 Å². The van der Waals surface area contributed by atoms with Gasteiger partial charge in [-0.05, 0) is 48.4 Å². The highest BCUT2D eigenvalue weighted by atomic mass is 19.1. The first-order valence-corrected chi connectivity index (χ1v) is 9.55. The molecule has 0 aliphatic rings. The van der Waals surface area contributed by atoms with Crippen LogP contribution in [0.2, 0.25) is 0 Å². The van der Waals surface area contributed by atoms with Gasteiger partial charge in [0.15, 0.2) is 0 Å². The minimum atomic E-state index is -0.504. The highest BCUT2D eigenvalue weighted by Crippen LogP contribution is 2.14. The van der Waals surface area contributed by atoms with E-state index in [0.717, 1.165) is 11.6 Å². The molecule has 0 bridgehead atoms. The molecular weight excluding hydrogens is 415 g/mol. The molecule has 0 radical (unpaired) electrons. The number of carbonyl (C=O) groups excluding carboxylic acids is 2. The van der Waals surface area contributed by atoms with Gasteiger partial charge in [0.2, 0.25) is 5.91 Å². The highest BCUT2D eigenvalue weighted by Gasteiger charge is 2.09. The number of hydrazone groups is 1. The fourth-order valence-corrected chi connectivity index (χ4v) is 2.80. The lowest BCUT2D eigenvalue weighted by Crippen LogP contribution is -2.21. The number of amides is 2. The maximum absolute atomic E-state index is 13.3. The molecule has 32 heavy (non-hydrogen) atoms. The van der Waals surface area contributed by atoms with Crippen LogP contribution >= 0.6 is 0 Å². The van der Waals surface area contributed by atoms with Crippen molar-refractivity contribution in [2.24, 2.45) is 5.10 Å². The molecule has 2 N–H and O–H groups in total. The van der Waals surface area contributed by atoms with Crippen LogP contribution < -0.4 is 10.7 Å². The van der Waals surface area contributed by atoms with Crippen molar-refractivity contribution in [2.45, 2.75) is 13.3 Å². The van der Waals surface area contributed by atoms with E-state index in [1.807, 2.05) is 0 Å². The van der Waals surface area contributed by atoms with Gasteiger partial charge in [0.1, 0.15) is 5.82 Å². The number of non-ortho nitro benzene ring substituents is 1. The van der Waals surface area contributed by atoms with Gasteiger partial charge in [0, 0.05) is 23.4 Å². The van der Waals surface area contributed by atoms with E-state index in [-0.39, 0.29) is 23.6 Å². The van der Waals surface area contributed by atoms with Crippen molar-refractivity contribution in [3.05, 3.63) is 105 Å². The van der Waals surface area contributed by atoms with Crippen LogP contribution in [0.3, 0.4) is 0 Å². The van der Waals surface area contributed by atoms with Gasteiger partial charge in [-0.2, -0.15) is 5.10 Å². The second-order valence-electron chi connectivity index (χ2n) is 6.87. The zero-order valence-electron chi connectivity index (χ0n) is 17.0. The zero-order valence-corrected chi connectivity index (χ0v) is 17.0. The van der Waals surface area contributed by atoms with Crippen LogP contribution in [0.25, 0.3) is 0 Å². The van der Waals surface area contributed by atoms with E-state index >= 15 is 0 Å². The minimum Gasteiger partial charge on any atom is -0.322 e. The Labute approximate surface area is 182 Å². The summed E-state index contributed by atoms with van der Waals surface area (Å²) in [6.07, 6.45) is 0.0276. The maximum Gasteiger partial charge on any atom is 0.269 e. The zero-order chi connectivity index (χ0) is 23.1. The number of nitrogens with one attached hydrogen (secondary N) is 2. The molecule has 0 saturated heterocycles. The molecule has 162 valence electrons. The van der Waals surface area contributed by atoms with E-state index in [1.54, 1.807) is 31.2 Å².